The van der Waals surface area contributed by atoms with E-state index in [0.29, 0.717) is 28.6 Å². The van der Waals surface area contributed by atoms with Crippen molar-refractivity contribution in [3.63, 3.8) is 0 Å². The van der Waals surface area contributed by atoms with Crippen molar-refractivity contribution in [1.29, 1.82) is 0 Å². The van der Waals surface area contributed by atoms with Crippen molar-refractivity contribution in [2.24, 2.45) is 0 Å². The molecule has 0 saturated heterocycles. The highest BCUT2D eigenvalue weighted by atomic mass is 35.5. The lowest BCUT2D eigenvalue weighted by molar-refractivity contribution is -0.113. The molecule has 0 atom stereocenters. The topological polar surface area (TPSA) is 38.8 Å². The van der Waals surface area contributed by atoms with E-state index < -0.39 is 0 Å². The number of halogens is 1. The van der Waals surface area contributed by atoms with Gasteiger partial charge in [0.25, 0.3) is 5.91 Å². The van der Waals surface area contributed by atoms with E-state index in [1.54, 1.807) is 26.4 Å². The molecule has 1 aliphatic rings. The Morgan fingerprint density at radius 1 is 1.12 bits per heavy atom. The summed E-state index contributed by atoms with van der Waals surface area (Å²) in [6.07, 6.45) is 2.73. The molecule has 130 valence electrons. The Hall–Kier alpha value is -2.46. The Morgan fingerprint density at radius 2 is 1.84 bits per heavy atom. The zero-order valence-corrected chi connectivity index (χ0v) is 15.3. The predicted octanol–water partition coefficient (Wildman–Crippen LogP) is 4.65. The van der Waals surface area contributed by atoms with Crippen LogP contribution in [0.3, 0.4) is 0 Å². The number of fused-ring (bicyclic) bond motifs is 1. The molecule has 1 aliphatic heterocycles. The van der Waals surface area contributed by atoms with Crippen LogP contribution in [-0.4, -0.2) is 26.7 Å². The van der Waals surface area contributed by atoms with Crippen LogP contribution in [0, 0.1) is 0 Å². The van der Waals surface area contributed by atoms with Gasteiger partial charge >= 0.3 is 0 Å². The van der Waals surface area contributed by atoms with Crippen LogP contribution < -0.4 is 14.4 Å². The largest absolute Gasteiger partial charge is 0.496 e. The number of carbonyl (C=O) groups is 1. The van der Waals surface area contributed by atoms with Gasteiger partial charge in [-0.25, -0.2) is 0 Å². The normalized spacial score (nSPS) is 14.8. The molecule has 3 rings (SSSR count). The van der Waals surface area contributed by atoms with Crippen molar-refractivity contribution in [2.45, 2.75) is 13.3 Å². The van der Waals surface area contributed by atoms with E-state index in [2.05, 4.69) is 6.92 Å². The molecule has 0 radical (unpaired) electrons. The third kappa shape index (κ3) is 3.10. The summed E-state index contributed by atoms with van der Waals surface area (Å²) in [5.74, 6) is 1.14. The summed E-state index contributed by atoms with van der Waals surface area (Å²) in [5, 5.41) is 0.472. The third-order valence-electron chi connectivity index (χ3n) is 4.21. The molecule has 0 aromatic heterocycles. The molecule has 2 aromatic rings. The van der Waals surface area contributed by atoms with Crippen molar-refractivity contribution in [3.05, 3.63) is 52.5 Å². The average Bonchev–Trinajstić information content (AvgIpc) is 2.88. The highest BCUT2D eigenvalue weighted by Crippen LogP contribution is 2.40. The molecule has 0 spiro atoms. The number of benzene rings is 2. The summed E-state index contributed by atoms with van der Waals surface area (Å²) in [7, 11) is 3.14. The molecule has 0 saturated carbocycles. The SMILES string of the molecule is CCCN1C(=O)/C(=C\c2cc(Cl)c(OC)cc2OC)c2ccccc21. The summed E-state index contributed by atoms with van der Waals surface area (Å²) in [5.41, 5.74) is 3.25. The molecule has 1 amide bonds. The fourth-order valence-corrected chi connectivity index (χ4v) is 3.29. The number of nitrogens with zero attached hydrogens (tertiary/aromatic N) is 1. The van der Waals surface area contributed by atoms with Gasteiger partial charge in [0.2, 0.25) is 0 Å². The Labute approximate surface area is 152 Å². The highest BCUT2D eigenvalue weighted by molar-refractivity contribution is 6.36. The van der Waals surface area contributed by atoms with Crippen molar-refractivity contribution in [1.82, 2.24) is 0 Å². The van der Waals surface area contributed by atoms with Crippen LogP contribution in [0.15, 0.2) is 36.4 Å². The summed E-state index contributed by atoms with van der Waals surface area (Å²) in [6, 6.07) is 11.3. The number of para-hydroxylation sites is 1. The van der Waals surface area contributed by atoms with Crippen LogP contribution in [0.1, 0.15) is 24.5 Å². The molecular weight excluding hydrogens is 338 g/mol. The van der Waals surface area contributed by atoms with E-state index in [9.17, 15) is 4.79 Å². The smallest absolute Gasteiger partial charge is 0.258 e. The lowest BCUT2D eigenvalue weighted by atomic mass is 10.0. The lowest BCUT2D eigenvalue weighted by Gasteiger charge is -2.15. The van der Waals surface area contributed by atoms with E-state index in [-0.39, 0.29) is 5.91 Å². The molecule has 0 aliphatic carbocycles. The van der Waals surface area contributed by atoms with Gasteiger partial charge < -0.3 is 14.4 Å². The van der Waals surface area contributed by atoms with Crippen LogP contribution >= 0.6 is 11.6 Å². The number of rotatable bonds is 5. The molecule has 0 fully saturated rings. The van der Waals surface area contributed by atoms with Gasteiger partial charge in [-0.1, -0.05) is 36.7 Å². The van der Waals surface area contributed by atoms with E-state index in [4.69, 9.17) is 21.1 Å². The van der Waals surface area contributed by atoms with Gasteiger partial charge in [0.05, 0.1) is 24.9 Å². The number of hydrogen-bond donors (Lipinski definition) is 0. The number of hydrogen-bond acceptors (Lipinski definition) is 3. The number of amides is 1. The number of ether oxygens (including phenoxy) is 2. The molecule has 0 bridgehead atoms. The molecule has 2 aromatic carbocycles. The standard InChI is InChI=1S/C20H20ClNO3/c1-4-9-22-17-8-6-5-7-14(17)15(20(22)23)10-13-11-16(21)19(25-3)12-18(13)24-2/h5-8,10-12H,4,9H2,1-3H3/b15-10-. The fraction of sp³-hybridized carbons (Fsp3) is 0.250. The van der Waals surface area contributed by atoms with Crippen LogP contribution in [-0.2, 0) is 4.79 Å². The maximum atomic E-state index is 12.9. The van der Waals surface area contributed by atoms with Gasteiger partial charge in [-0.3, -0.25) is 4.79 Å². The minimum Gasteiger partial charge on any atom is -0.496 e. The molecular formula is C20H20ClNO3. The van der Waals surface area contributed by atoms with Gasteiger partial charge in [0.1, 0.15) is 11.5 Å². The maximum absolute atomic E-state index is 12.9. The first-order valence-corrected chi connectivity index (χ1v) is 8.53. The molecule has 0 N–H and O–H groups in total. The molecule has 0 unspecified atom stereocenters. The number of carbonyl (C=O) groups excluding carboxylic acids is 1. The lowest BCUT2D eigenvalue weighted by Crippen LogP contribution is -2.26. The molecule has 5 heteroatoms. The molecule has 1 heterocycles. The fourth-order valence-electron chi connectivity index (χ4n) is 3.04. The summed E-state index contributed by atoms with van der Waals surface area (Å²) >= 11 is 6.25. The second kappa shape index (κ2) is 7.19. The average molecular weight is 358 g/mol. The first-order chi connectivity index (χ1) is 12.1. The number of methoxy groups -OCH3 is 2. The van der Waals surface area contributed by atoms with Gasteiger partial charge in [0, 0.05) is 29.3 Å². The van der Waals surface area contributed by atoms with Crippen molar-refractivity contribution < 1.29 is 14.3 Å². The maximum Gasteiger partial charge on any atom is 0.258 e. The predicted molar refractivity (Wildman–Crippen MR) is 102 cm³/mol. The third-order valence-corrected chi connectivity index (χ3v) is 4.51. The van der Waals surface area contributed by atoms with Gasteiger partial charge in [0.15, 0.2) is 0 Å². The summed E-state index contributed by atoms with van der Waals surface area (Å²) < 4.78 is 10.7. The quantitative estimate of drug-likeness (QED) is 0.731. The summed E-state index contributed by atoms with van der Waals surface area (Å²) in [4.78, 5) is 14.7. The van der Waals surface area contributed by atoms with E-state index in [1.807, 2.05) is 35.2 Å². The zero-order valence-electron chi connectivity index (χ0n) is 14.5. The van der Waals surface area contributed by atoms with Crippen molar-refractivity contribution >= 4 is 34.8 Å². The molecule has 25 heavy (non-hydrogen) atoms. The van der Waals surface area contributed by atoms with Crippen LogP contribution in [0.4, 0.5) is 5.69 Å². The minimum absolute atomic E-state index is 0.00274. The Morgan fingerprint density at radius 3 is 2.52 bits per heavy atom. The van der Waals surface area contributed by atoms with Crippen LogP contribution in [0.5, 0.6) is 11.5 Å². The van der Waals surface area contributed by atoms with E-state index in [0.717, 1.165) is 23.2 Å². The highest BCUT2D eigenvalue weighted by Gasteiger charge is 2.31. The van der Waals surface area contributed by atoms with Crippen molar-refractivity contribution in [2.75, 3.05) is 25.7 Å². The first kappa shape index (κ1) is 17.4. The second-order valence-corrected chi connectivity index (χ2v) is 6.17. The second-order valence-electron chi connectivity index (χ2n) is 5.76. The van der Waals surface area contributed by atoms with Gasteiger partial charge in [-0.15, -0.1) is 0 Å². The number of anilines is 1. The van der Waals surface area contributed by atoms with Crippen LogP contribution in [0.2, 0.25) is 5.02 Å². The van der Waals surface area contributed by atoms with E-state index in [1.165, 1.54) is 0 Å². The molecule has 4 nitrogen and oxygen atoms in total. The Bertz CT molecular complexity index is 845. The van der Waals surface area contributed by atoms with Gasteiger partial charge in [-0.05, 0) is 24.6 Å². The Kier molecular flexibility index (Phi) is 5.00. The van der Waals surface area contributed by atoms with Gasteiger partial charge in [-0.2, -0.15) is 0 Å². The summed E-state index contributed by atoms with van der Waals surface area (Å²) in [6.45, 7) is 2.75. The Balaban J connectivity index is 2.13. The zero-order chi connectivity index (χ0) is 18.0. The first-order valence-electron chi connectivity index (χ1n) is 8.15. The van der Waals surface area contributed by atoms with Crippen molar-refractivity contribution in [3.8, 4) is 11.5 Å². The van der Waals surface area contributed by atoms with E-state index >= 15 is 0 Å². The minimum atomic E-state index is -0.00274. The van der Waals surface area contributed by atoms with Crippen LogP contribution in [0.25, 0.3) is 11.6 Å². The monoisotopic (exact) mass is 357 g/mol.